The summed E-state index contributed by atoms with van der Waals surface area (Å²) >= 11 is 6.09. The molecule has 4 nitrogen and oxygen atoms in total. The summed E-state index contributed by atoms with van der Waals surface area (Å²) in [6.45, 7) is 3.99. The fourth-order valence-electron chi connectivity index (χ4n) is 1.87. The van der Waals surface area contributed by atoms with E-state index in [4.69, 9.17) is 11.6 Å². The molecule has 0 amide bonds. The van der Waals surface area contributed by atoms with Crippen molar-refractivity contribution < 1.29 is 13.2 Å². The van der Waals surface area contributed by atoms with Crippen LogP contribution in [-0.4, -0.2) is 21.5 Å². The molecule has 0 saturated carbocycles. The fourth-order valence-corrected chi connectivity index (χ4v) is 2.02. The molecule has 0 aromatic carbocycles. The highest BCUT2D eigenvalue weighted by molar-refractivity contribution is 6.33. The highest BCUT2D eigenvalue weighted by atomic mass is 35.5. The van der Waals surface area contributed by atoms with Gasteiger partial charge in [0.1, 0.15) is 16.7 Å². The van der Waals surface area contributed by atoms with E-state index in [-0.39, 0.29) is 0 Å². The summed E-state index contributed by atoms with van der Waals surface area (Å²) in [5.74, 6) is 1.11. The van der Waals surface area contributed by atoms with E-state index in [2.05, 4.69) is 20.3 Å². The molecule has 0 saturated heterocycles. The maximum Gasteiger partial charge on any atom is 0.417 e. The van der Waals surface area contributed by atoms with Gasteiger partial charge in [-0.15, -0.1) is 0 Å². The number of hydrogen-bond donors (Lipinski definition) is 1. The molecule has 0 atom stereocenters. The Balaban J connectivity index is 1.97. The predicted molar refractivity (Wildman–Crippen MR) is 77.9 cm³/mol. The topological polar surface area (TPSA) is 50.7 Å². The highest BCUT2D eigenvalue weighted by Gasteiger charge is 2.30. The van der Waals surface area contributed by atoms with Crippen molar-refractivity contribution in [3.05, 3.63) is 46.1 Å². The molecule has 2 heterocycles. The van der Waals surface area contributed by atoms with Gasteiger partial charge in [0, 0.05) is 24.9 Å². The Morgan fingerprint density at radius 2 is 1.91 bits per heavy atom. The molecule has 2 aromatic rings. The predicted octanol–water partition coefficient (Wildman–Crippen LogP) is 3.82. The van der Waals surface area contributed by atoms with E-state index in [0.717, 1.165) is 12.3 Å². The van der Waals surface area contributed by atoms with Crippen molar-refractivity contribution in [3.8, 4) is 0 Å². The second-order valence-corrected chi connectivity index (χ2v) is 5.11. The zero-order valence-corrected chi connectivity index (χ0v) is 12.8. The minimum absolute atomic E-state index is 0.436. The van der Waals surface area contributed by atoms with Crippen LogP contribution < -0.4 is 5.32 Å². The van der Waals surface area contributed by atoms with Gasteiger partial charge in [-0.2, -0.15) is 13.2 Å². The van der Waals surface area contributed by atoms with Crippen LogP contribution in [0.2, 0.25) is 5.02 Å². The second-order valence-electron chi connectivity index (χ2n) is 4.73. The van der Waals surface area contributed by atoms with Crippen LogP contribution in [0, 0.1) is 13.8 Å². The zero-order valence-electron chi connectivity index (χ0n) is 12.0. The first kappa shape index (κ1) is 16.5. The summed E-state index contributed by atoms with van der Waals surface area (Å²) in [5, 5.41) is 3.48. The summed E-state index contributed by atoms with van der Waals surface area (Å²) in [5.41, 5.74) is 0.470. The molecule has 2 aromatic heterocycles. The molecule has 118 valence electrons. The van der Waals surface area contributed by atoms with Gasteiger partial charge in [-0.3, -0.25) is 4.98 Å². The van der Waals surface area contributed by atoms with Crippen molar-refractivity contribution in [3.63, 3.8) is 0 Å². The minimum atomic E-state index is -4.37. The Labute approximate surface area is 130 Å². The van der Waals surface area contributed by atoms with E-state index < -0.39 is 11.7 Å². The van der Waals surface area contributed by atoms with Crippen molar-refractivity contribution in [2.45, 2.75) is 26.4 Å². The van der Waals surface area contributed by atoms with Crippen LogP contribution in [0.3, 0.4) is 0 Å². The third-order valence-corrected chi connectivity index (χ3v) is 3.41. The van der Waals surface area contributed by atoms with Crippen LogP contribution in [0.1, 0.15) is 22.8 Å². The first-order chi connectivity index (χ1) is 10.3. The lowest BCUT2D eigenvalue weighted by Crippen LogP contribution is -2.10. The van der Waals surface area contributed by atoms with Crippen LogP contribution in [0.25, 0.3) is 0 Å². The van der Waals surface area contributed by atoms with Gasteiger partial charge in [-0.05, 0) is 26.0 Å². The van der Waals surface area contributed by atoms with Gasteiger partial charge in [-0.1, -0.05) is 11.6 Å². The molecule has 0 aliphatic heterocycles. The van der Waals surface area contributed by atoms with Crippen molar-refractivity contribution >= 4 is 17.4 Å². The number of aryl methyl sites for hydroxylation is 2. The summed E-state index contributed by atoms with van der Waals surface area (Å²) < 4.78 is 37.3. The molecule has 0 spiro atoms. The van der Waals surface area contributed by atoms with Gasteiger partial charge in [0.25, 0.3) is 0 Å². The SMILES string of the molecule is Cc1nc(C)c(Cl)c(NCCc2ccc(C(F)(F)F)cn2)n1. The lowest BCUT2D eigenvalue weighted by molar-refractivity contribution is -0.137. The maximum atomic E-state index is 12.4. The van der Waals surface area contributed by atoms with Gasteiger partial charge >= 0.3 is 6.18 Å². The average Bonchev–Trinajstić information content (AvgIpc) is 2.43. The summed E-state index contributed by atoms with van der Waals surface area (Å²) in [6.07, 6.45) is -3.08. The van der Waals surface area contributed by atoms with E-state index in [1.165, 1.54) is 6.07 Å². The molecule has 0 bridgehead atoms. The molecule has 0 fully saturated rings. The average molecular weight is 331 g/mol. The Kier molecular flexibility index (Phi) is 4.85. The van der Waals surface area contributed by atoms with Crippen LogP contribution in [-0.2, 0) is 12.6 Å². The Bertz CT molecular complexity index is 656. The van der Waals surface area contributed by atoms with E-state index in [0.29, 0.717) is 41.0 Å². The third kappa shape index (κ3) is 4.07. The Morgan fingerprint density at radius 1 is 1.18 bits per heavy atom. The molecular weight excluding hydrogens is 317 g/mol. The van der Waals surface area contributed by atoms with Gasteiger partial charge in [-0.25, -0.2) is 9.97 Å². The maximum absolute atomic E-state index is 12.4. The van der Waals surface area contributed by atoms with Crippen molar-refractivity contribution in [2.75, 3.05) is 11.9 Å². The molecule has 0 unspecified atom stereocenters. The largest absolute Gasteiger partial charge is 0.417 e. The number of nitrogens with one attached hydrogen (secondary N) is 1. The molecule has 1 N–H and O–H groups in total. The Morgan fingerprint density at radius 3 is 2.50 bits per heavy atom. The van der Waals surface area contributed by atoms with Gasteiger partial charge < -0.3 is 5.32 Å². The van der Waals surface area contributed by atoms with Crippen LogP contribution in [0.15, 0.2) is 18.3 Å². The molecule has 0 aliphatic carbocycles. The Hall–Kier alpha value is -1.89. The minimum Gasteiger partial charge on any atom is -0.368 e. The molecule has 8 heteroatoms. The molecule has 0 radical (unpaired) electrons. The van der Waals surface area contributed by atoms with E-state index >= 15 is 0 Å². The van der Waals surface area contributed by atoms with Crippen molar-refractivity contribution in [1.82, 2.24) is 15.0 Å². The summed E-state index contributed by atoms with van der Waals surface area (Å²) in [4.78, 5) is 12.1. The van der Waals surface area contributed by atoms with Crippen molar-refractivity contribution in [1.29, 1.82) is 0 Å². The van der Waals surface area contributed by atoms with Crippen LogP contribution in [0.4, 0.5) is 19.0 Å². The van der Waals surface area contributed by atoms with Crippen molar-refractivity contribution in [2.24, 2.45) is 0 Å². The molecule has 2 rings (SSSR count). The monoisotopic (exact) mass is 330 g/mol. The van der Waals surface area contributed by atoms with Gasteiger partial charge in [0.2, 0.25) is 0 Å². The number of nitrogens with zero attached hydrogens (tertiary/aromatic N) is 3. The lowest BCUT2D eigenvalue weighted by atomic mass is 10.2. The summed E-state index contributed by atoms with van der Waals surface area (Å²) in [6, 6.07) is 2.39. The number of rotatable bonds is 4. The highest BCUT2D eigenvalue weighted by Crippen LogP contribution is 2.28. The third-order valence-electron chi connectivity index (χ3n) is 2.95. The molecule has 22 heavy (non-hydrogen) atoms. The first-order valence-corrected chi connectivity index (χ1v) is 6.92. The summed E-state index contributed by atoms with van der Waals surface area (Å²) in [7, 11) is 0. The van der Waals surface area contributed by atoms with Crippen LogP contribution >= 0.6 is 11.6 Å². The number of aromatic nitrogens is 3. The number of pyridine rings is 1. The molecule has 0 aliphatic rings. The second kappa shape index (κ2) is 6.48. The number of alkyl halides is 3. The normalized spacial score (nSPS) is 11.5. The lowest BCUT2D eigenvalue weighted by Gasteiger charge is -2.10. The quantitative estimate of drug-likeness (QED) is 0.926. The first-order valence-electron chi connectivity index (χ1n) is 6.54. The number of halogens is 4. The number of anilines is 1. The van der Waals surface area contributed by atoms with Gasteiger partial charge in [0.05, 0.1) is 11.3 Å². The van der Waals surface area contributed by atoms with Crippen LogP contribution in [0.5, 0.6) is 0 Å². The van der Waals surface area contributed by atoms with Gasteiger partial charge in [0.15, 0.2) is 0 Å². The standard InChI is InChI=1S/C14H14ClF3N4/c1-8-12(15)13(22-9(2)21-8)19-6-5-11-4-3-10(7-20-11)14(16,17)18/h3-4,7H,5-6H2,1-2H3,(H,19,21,22). The van der Waals surface area contributed by atoms with E-state index in [9.17, 15) is 13.2 Å². The smallest absolute Gasteiger partial charge is 0.368 e. The van der Waals surface area contributed by atoms with E-state index in [1.54, 1.807) is 13.8 Å². The fraction of sp³-hybridized carbons (Fsp3) is 0.357. The molecular formula is C14H14ClF3N4. The van der Waals surface area contributed by atoms with E-state index in [1.807, 2.05) is 0 Å². The number of hydrogen-bond acceptors (Lipinski definition) is 4. The zero-order chi connectivity index (χ0) is 16.3.